The molecule has 0 saturated carbocycles. The lowest BCUT2D eigenvalue weighted by Gasteiger charge is -2.32. The Bertz CT molecular complexity index is 915. The topological polar surface area (TPSA) is 66.2 Å². The summed E-state index contributed by atoms with van der Waals surface area (Å²) >= 11 is 6.17. The van der Waals surface area contributed by atoms with E-state index < -0.39 is 0 Å². The average Bonchev–Trinajstić information content (AvgIpc) is 3.21. The number of imidazole rings is 1. The molecule has 0 amide bonds. The predicted octanol–water partition coefficient (Wildman–Crippen LogP) is 3.23. The van der Waals surface area contributed by atoms with E-state index in [0.717, 1.165) is 67.7 Å². The molecule has 7 heteroatoms. The Kier molecular flexibility index (Phi) is 6.10. The van der Waals surface area contributed by atoms with Crippen molar-refractivity contribution in [2.24, 2.45) is 0 Å². The lowest BCUT2D eigenvalue weighted by atomic mass is 10.1. The third-order valence-electron chi connectivity index (χ3n) is 5.18. The van der Waals surface area contributed by atoms with E-state index >= 15 is 0 Å². The highest BCUT2D eigenvalue weighted by molar-refractivity contribution is 6.31. The smallest absolute Gasteiger partial charge is 0.133 e. The van der Waals surface area contributed by atoms with Crippen molar-refractivity contribution in [3.8, 4) is 0 Å². The molecule has 1 saturated heterocycles. The van der Waals surface area contributed by atoms with Crippen LogP contribution in [0, 0.1) is 0 Å². The van der Waals surface area contributed by atoms with Crippen molar-refractivity contribution in [1.82, 2.24) is 19.9 Å². The Morgan fingerprint density at radius 2 is 2.21 bits per heavy atom. The first-order valence-electron chi connectivity index (χ1n) is 9.88. The fourth-order valence-corrected chi connectivity index (χ4v) is 3.92. The van der Waals surface area contributed by atoms with Crippen LogP contribution in [0.5, 0.6) is 0 Å². The fraction of sp³-hybridized carbons (Fsp3) is 0.429. The van der Waals surface area contributed by atoms with Crippen LogP contribution in [0.3, 0.4) is 0 Å². The number of halogens is 1. The molecule has 1 atom stereocenters. The molecule has 2 N–H and O–H groups in total. The second-order valence-electron chi connectivity index (χ2n) is 7.38. The minimum atomic E-state index is -0.290. The van der Waals surface area contributed by atoms with Crippen molar-refractivity contribution < 1.29 is 5.11 Å². The van der Waals surface area contributed by atoms with Crippen molar-refractivity contribution in [3.63, 3.8) is 0 Å². The Balaban J connectivity index is 1.49. The maximum atomic E-state index is 10.1. The van der Waals surface area contributed by atoms with Gasteiger partial charge in [-0.1, -0.05) is 17.7 Å². The number of hydrogen-bond acceptors (Lipinski definition) is 5. The van der Waals surface area contributed by atoms with Crippen molar-refractivity contribution >= 4 is 28.3 Å². The summed E-state index contributed by atoms with van der Waals surface area (Å²) in [4.78, 5) is 11.2. The second-order valence-corrected chi connectivity index (χ2v) is 7.82. The molecule has 2 aromatic heterocycles. The Morgan fingerprint density at radius 1 is 1.29 bits per heavy atom. The molecule has 1 fully saturated rings. The van der Waals surface area contributed by atoms with Gasteiger partial charge in [0.15, 0.2) is 0 Å². The normalized spacial score (nSPS) is 17.4. The monoisotopic (exact) mass is 399 g/mol. The molecular weight excluding hydrogens is 374 g/mol. The largest absolute Gasteiger partial charge is 0.391 e. The van der Waals surface area contributed by atoms with Crippen LogP contribution in [0.2, 0.25) is 5.02 Å². The van der Waals surface area contributed by atoms with E-state index in [1.54, 1.807) is 6.20 Å². The van der Waals surface area contributed by atoms with Crippen LogP contribution in [0.1, 0.15) is 24.8 Å². The van der Waals surface area contributed by atoms with Crippen molar-refractivity contribution in [2.75, 3.05) is 24.5 Å². The highest BCUT2D eigenvalue weighted by Crippen LogP contribution is 2.27. The molecule has 3 heterocycles. The molecule has 148 valence electrons. The summed E-state index contributed by atoms with van der Waals surface area (Å²) < 4.78 is 2.09. The van der Waals surface area contributed by atoms with Crippen LogP contribution in [0.25, 0.3) is 10.9 Å². The highest BCUT2D eigenvalue weighted by Gasteiger charge is 2.21. The minimum Gasteiger partial charge on any atom is -0.391 e. The number of nitrogens with zero attached hydrogens (tertiary/aromatic N) is 4. The number of hydrogen-bond donors (Lipinski definition) is 2. The molecule has 4 rings (SSSR count). The number of aliphatic hydroxyl groups is 1. The van der Waals surface area contributed by atoms with Gasteiger partial charge >= 0.3 is 0 Å². The third-order valence-corrected chi connectivity index (χ3v) is 5.41. The summed E-state index contributed by atoms with van der Waals surface area (Å²) in [6.07, 6.45) is 8.22. The summed E-state index contributed by atoms with van der Waals surface area (Å²) in [6.45, 7) is 4.17. The molecule has 0 bridgehead atoms. The first-order chi connectivity index (χ1) is 13.7. The van der Waals surface area contributed by atoms with E-state index in [0.29, 0.717) is 11.6 Å². The number of aryl methyl sites for hydroxylation is 1. The lowest BCUT2D eigenvalue weighted by Crippen LogP contribution is -2.39. The Morgan fingerprint density at radius 3 is 3.04 bits per heavy atom. The van der Waals surface area contributed by atoms with Gasteiger partial charge in [-0.05, 0) is 44.0 Å². The number of benzene rings is 1. The number of β-amino-alcohol motifs (C(OH)–C–C–N with tert-alkyl or cyclic N) is 1. The quantitative estimate of drug-likeness (QED) is 0.597. The van der Waals surface area contributed by atoms with Gasteiger partial charge in [0.2, 0.25) is 0 Å². The summed E-state index contributed by atoms with van der Waals surface area (Å²) in [7, 11) is 0. The first-order valence-corrected chi connectivity index (χ1v) is 10.3. The van der Waals surface area contributed by atoms with Crippen LogP contribution < -0.4 is 10.2 Å². The van der Waals surface area contributed by atoms with E-state index in [9.17, 15) is 5.11 Å². The van der Waals surface area contributed by atoms with Gasteiger partial charge in [0.25, 0.3) is 0 Å². The number of nitrogens with one attached hydrogen (secondary N) is 1. The number of fused-ring (bicyclic) bond motifs is 1. The summed E-state index contributed by atoms with van der Waals surface area (Å²) in [5.74, 6) is 0.954. The zero-order chi connectivity index (χ0) is 19.3. The summed E-state index contributed by atoms with van der Waals surface area (Å²) in [6, 6.07) is 8.02. The van der Waals surface area contributed by atoms with Crippen LogP contribution in [0.15, 0.2) is 43.0 Å². The standard InChI is InChI=1S/C21H26ClN5O/c22-18-5-4-16-11-17(13-23-6-2-8-26-10-7-24-15-26)21(25-20(16)12-18)27-9-1-3-19(28)14-27/h4-5,7,10-12,15,19,23,28H,1-3,6,8-9,13-14H2. The zero-order valence-electron chi connectivity index (χ0n) is 15.9. The van der Waals surface area contributed by atoms with E-state index in [4.69, 9.17) is 16.6 Å². The van der Waals surface area contributed by atoms with Crippen LogP contribution >= 0.6 is 11.6 Å². The number of pyridine rings is 1. The molecule has 6 nitrogen and oxygen atoms in total. The maximum Gasteiger partial charge on any atom is 0.133 e. The van der Waals surface area contributed by atoms with Gasteiger partial charge < -0.3 is 19.9 Å². The van der Waals surface area contributed by atoms with Crippen LogP contribution in [0.4, 0.5) is 5.82 Å². The van der Waals surface area contributed by atoms with Gasteiger partial charge in [-0.2, -0.15) is 0 Å². The van der Waals surface area contributed by atoms with Gasteiger partial charge in [0, 0.05) is 54.5 Å². The number of rotatable bonds is 7. The fourth-order valence-electron chi connectivity index (χ4n) is 3.75. The molecule has 3 aromatic rings. The third kappa shape index (κ3) is 4.63. The molecule has 0 aliphatic carbocycles. The second kappa shape index (κ2) is 8.90. The number of aliphatic hydroxyl groups excluding tert-OH is 1. The summed E-state index contributed by atoms with van der Waals surface area (Å²) in [5.41, 5.74) is 2.05. The Labute approximate surface area is 170 Å². The minimum absolute atomic E-state index is 0.290. The van der Waals surface area contributed by atoms with Crippen molar-refractivity contribution in [1.29, 1.82) is 0 Å². The van der Waals surface area contributed by atoms with E-state index in [2.05, 4.69) is 25.8 Å². The van der Waals surface area contributed by atoms with Crippen LogP contribution in [-0.2, 0) is 13.1 Å². The number of aromatic nitrogens is 3. The molecule has 1 aliphatic rings. The molecule has 1 unspecified atom stereocenters. The molecule has 1 aromatic carbocycles. The van der Waals surface area contributed by atoms with Gasteiger partial charge in [-0.15, -0.1) is 0 Å². The molecule has 1 aliphatic heterocycles. The van der Waals surface area contributed by atoms with Gasteiger partial charge in [0.05, 0.1) is 17.9 Å². The van der Waals surface area contributed by atoms with Gasteiger partial charge in [-0.3, -0.25) is 0 Å². The van der Waals surface area contributed by atoms with Crippen molar-refractivity contribution in [2.45, 2.75) is 38.5 Å². The van der Waals surface area contributed by atoms with Crippen LogP contribution in [-0.4, -0.2) is 45.4 Å². The van der Waals surface area contributed by atoms with Gasteiger partial charge in [-0.25, -0.2) is 9.97 Å². The number of anilines is 1. The average molecular weight is 400 g/mol. The predicted molar refractivity (Wildman–Crippen MR) is 113 cm³/mol. The SMILES string of the molecule is OC1CCCN(c2nc3cc(Cl)ccc3cc2CNCCCn2ccnc2)C1. The maximum absolute atomic E-state index is 10.1. The highest BCUT2D eigenvalue weighted by atomic mass is 35.5. The van der Waals surface area contributed by atoms with Crippen molar-refractivity contribution in [3.05, 3.63) is 53.6 Å². The van der Waals surface area contributed by atoms with E-state index in [-0.39, 0.29) is 6.10 Å². The molecule has 0 radical (unpaired) electrons. The number of piperidine rings is 1. The first kappa shape index (κ1) is 19.2. The molecule has 28 heavy (non-hydrogen) atoms. The van der Waals surface area contributed by atoms with E-state index in [1.807, 2.05) is 30.7 Å². The lowest BCUT2D eigenvalue weighted by molar-refractivity contribution is 0.154. The molecule has 0 spiro atoms. The molecular formula is C21H26ClN5O. The zero-order valence-corrected chi connectivity index (χ0v) is 16.6. The van der Waals surface area contributed by atoms with Gasteiger partial charge in [0.1, 0.15) is 5.82 Å². The summed E-state index contributed by atoms with van der Waals surface area (Å²) in [5, 5.41) is 15.4. The van der Waals surface area contributed by atoms with E-state index in [1.165, 1.54) is 0 Å². The Hall–Kier alpha value is -2.15.